The second kappa shape index (κ2) is 5.50. The molecular formula is C14H23N3. The van der Waals surface area contributed by atoms with E-state index in [1.165, 1.54) is 38.0 Å². The van der Waals surface area contributed by atoms with Crippen LogP contribution in [0.2, 0.25) is 0 Å². The molecule has 0 saturated carbocycles. The van der Waals surface area contributed by atoms with Gasteiger partial charge in [0.25, 0.3) is 0 Å². The molecule has 2 rings (SSSR count). The molecule has 94 valence electrons. The van der Waals surface area contributed by atoms with E-state index in [1.807, 2.05) is 12.3 Å². The SMILES string of the molecule is CC(C)CN1CCC(c2ccc(N)nc2)CC1. The fraction of sp³-hybridized carbons (Fsp3) is 0.643. The maximum atomic E-state index is 5.61. The third-order valence-electron chi connectivity index (χ3n) is 3.49. The number of hydrogen-bond acceptors (Lipinski definition) is 3. The van der Waals surface area contributed by atoms with Gasteiger partial charge in [-0.2, -0.15) is 0 Å². The Morgan fingerprint density at radius 1 is 1.35 bits per heavy atom. The second-order valence-corrected chi connectivity index (χ2v) is 5.49. The van der Waals surface area contributed by atoms with E-state index in [4.69, 9.17) is 5.73 Å². The Morgan fingerprint density at radius 3 is 2.59 bits per heavy atom. The molecular weight excluding hydrogens is 210 g/mol. The van der Waals surface area contributed by atoms with Crippen LogP contribution in [-0.4, -0.2) is 29.5 Å². The number of hydrogen-bond donors (Lipinski definition) is 1. The molecule has 1 fully saturated rings. The number of anilines is 1. The number of pyridine rings is 1. The van der Waals surface area contributed by atoms with Crippen LogP contribution in [0.4, 0.5) is 5.82 Å². The van der Waals surface area contributed by atoms with E-state index in [1.54, 1.807) is 0 Å². The first kappa shape index (κ1) is 12.4. The molecule has 0 unspecified atom stereocenters. The van der Waals surface area contributed by atoms with E-state index in [-0.39, 0.29) is 0 Å². The third-order valence-corrected chi connectivity index (χ3v) is 3.49. The second-order valence-electron chi connectivity index (χ2n) is 5.49. The van der Waals surface area contributed by atoms with Crippen molar-refractivity contribution < 1.29 is 0 Å². The van der Waals surface area contributed by atoms with Crippen LogP contribution in [0.15, 0.2) is 18.3 Å². The molecule has 1 aliphatic rings. The smallest absolute Gasteiger partial charge is 0.123 e. The first-order valence-corrected chi connectivity index (χ1v) is 6.59. The van der Waals surface area contributed by atoms with E-state index in [9.17, 15) is 0 Å². The Kier molecular flexibility index (Phi) is 4.00. The van der Waals surface area contributed by atoms with Crippen molar-refractivity contribution in [3.05, 3.63) is 23.9 Å². The Hall–Kier alpha value is -1.09. The normalized spacial score (nSPS) is 18.8. The van der Waals surface area contributed by atoms with Crippen molar-refractivity contribution in [1.82, 2.24) is 9.88 Å². The highest BCUT2D eigenvalue weighted by atomic mass is 15.1. The van der Waals surface area contributed by atoms with Crippen LogP contribution >= 0.6 is 0 Å². The largest absolute Gasteiger partial charge is 0.384 e. The zero-order chi connectivity index (χ0) is 12.3. The van der Waals surface area contributed by atoms with Crippen molar-refractivity contribution in [2.75, 3.05) is 25.4 Å². The number of rotatable bonds is 3. The zero-order valence-electron chi connectivity index (χ0n) is 10.9. The lowest BCUT2D eigenvalue weighted by molar-refractivity contribution is 0.192. The van der Waals surface area contributed by atoms with Gasteiger partial charge in [-0.3, -0.25) is 0 Å². The van der Waals surface area contributed by atoms with Crippen LogP contribution in [0, 0.1) is 5.92 Å². The maximum Gasteiger partial charge on any atom is 0.123 e. The van der Waals surface area contributed by atoms with Gasteiger partial charge in [-0.15, -0.1) is 0 Å². The molecule has 2 heterocycles. The van der Waals surface area contributed by atoms with E-state index in [0.717, 1.165) is 5.92 Å². The average Bonchev–Trinajstić information content (AvgIpc) is 2.30. The number of likely N-dealkylation sites (tertiary alicyclic amines) is 1. The summed E-state index contributed by atoms with van der Waals surface area (Å²) in [6.45, 7) is 8.24. The fourth-order valence-electron chi connectivity index (χ4n) is 2.62. The van der Waals surface area contributed by atoms with Crippen molar-refractivity contribution in [3.63, 3.8) is 0 Å². The predicted octanol–water partition coefficient (Wildman–Crippen LogP) is 2.50. The average molecular weight is 233 g/mol. The lowest BCUT2D eigenvalue weighted by Gasteiger charge is -2.33. The van der Waals surface area contributed by atoms with Crippen molar-refractivity contribution in [2.45, 2.75) is 32.6 Å². The lowest BCUT2D eigenvalue weighted by atomic mass is 9.90. The van der Waals surface area contributed by atoms with Gasteiger partial charge in [-0.1, -0.05) is 19.9 Å². The van der Waals surface area contributed by atoms with Crippen LogP contribution in [-0.2, 0) is 0 Å². The summed E-state index contributed by atoms with van der Waals surface area (Å²) in [5.41, 5.74) is 6.96. The summed E-state index contributed by atoms with van der Waals surface area (Å²) < 4.78 is 0. The van der Waals surface area contributed by atoms with Gasteiger partial charge in [-0.05, 0) is 49.4 Å². The summed E-state index contributed by atoms with van der Waals surface area (Å²) in [5.74, 6) is 2.06. The maximum absolute atomic E-state index is 5.61. The molecule has 3 nitrogen and oxygen atoms in total. The summed E-state index contributed by atoms with van der Waals surface area (Å²) in [6, 6.07) is 4.04. The minimum atomic E-state index is 0.617. The van der Waals surface area contributed by atoms with Crippen LogP contribution < -0.4 is 5.73 Å². The summed E-state index contributed by atoms with van der Waals surface area (Å²) >= 11 is 0. The molecule has 1 aromatic rings. The Bertz CT molecular complexity index is 337. The van der Waals surface area contributed by atoms with Crippen LogP contribution in [0.25, 0.3) is 0 Å². The summed E-state index contributed by atoms with van der Waals surface area (Å²) in [4.78, 5) is 6.76. The molecule has 3 heteroatoms. The number of aromatic nitrogens is 1. The van der Waals surface area contributed by atoms with Gasteiger partial charge in [0.1, 0.15) is 5.82 Å². The predicted molar refractivity (Wildman–Crippen MR) is 71.9 cm³/mol. The van der Waals surface area contributed by atoms with Gasteiger partial charge >= 0.3 is 0 Å². The number of nitrogens with zero attached hydrogens (tertiary/aromatic N) is 2. The highest BCUT2D eigenvalue weighted by molar-refractivity contribution is 5.30. The number of nitrogen functional groups attached to an aromatic ring is 1. The Morgan fingerprint density at radius 2 is 2.06 bits per heavy atom. The lowest BCUT2D eigenvalue weighted by Crippen LogP contribution is -2.35. The van der Waals surface area contributed by atoms with Crippen LogP contribution in [0.1, 0.15) is 38.2 Å². The molecule has 0 bridgehead atoms. The van der Waals surface area contributed by atoms with Gasteiger partial charge in [-0.25, -0.2) is 4.98 Å². The highest BCUT2D eigenvalue weighted by Crippen LogP contribution is 2.27. The number of nitrogens with two attached hydrogens (primary N) is 1. The summed E-state index contributed by atoms with van der Waals surface area (Å²) in [7, 11) is 0. The molecule has 1 saturated heterocycles. The standard InChI is InChI=1S/C14H23N3/c1-11(2)10-17-7-5-12(6-8-17)13-3-4-14(15)16-9-13/h3-4,9,11-12H,5-8,10H2,1-2H3,(H2,15,16). The van der Waals surface area contributed by atoms with Gasteiger partial charge < -0.3 is 10.6 Å². The van der Waals surface area contributed by atoms with Gasteiger partial charge in [0.15, 0.2) is 0 Å². The molecule has 1 aliphatic heterocycles. The third kappa shape index (κ3) is 3.43. The Balaban J connectivity index is 1.88. The molecule has 0 atom stereocenters. The van der Waals surface area contributed by atoms with E-state index >= 15 is 0 Å². The van der Waals surface area contributed by atoms with Crippen molar-refractivity contribution in [3.8, 4) is 0 Å². The summed E-state index contributed by atoms with van der Waals surface area (Å²) in [6.07, 6.45) is 4.44. The fourth-order valence-corrected chi connectivity index (χ4v) is 2.62. The van der Waals surface area contributed by atoms with Gasteiger partial charge in [0.2, 0.25) is 0 Å². The van der Waals surface area contributed by atoms with E-state index in [0.29, 0.717) is 11.7 Å². The molecule has 0 radical (unpaired) electrons. The minimum Gasteiger partial charge on any atom is -0.384 e. The first-order valence-electron chi connectivity index (χ1n) is 6.59. The van der Waals surface area contributed by atoms with E-state index in [2.05, 4.69) is 29.8 Å². The Labute approximate surface area is 104 Å². The van der Waals surface area contributed by atoms with E-state index < -0.39 is 0 Å². The van der Waals surface area contributed by atoms with Crippen LogP contribution in [0.5, 0.6) is 0 Å². The first-order chi connectivity index (χ1) is 8.15. The molecule has 1 aromatic heterocycles. The molecule has 0 aromatic carbocycles. The molecule has 0 amide bonds. The monoisotopic (exact) mass is 233 g/mol. The topological polar surface area (TPSA) is 42.1 Å². The van der Waals surface area contributed by atoms with Crippen molar-refractivity contribution in [2.24, 2.45) is 5.92 Å². The highest BCUT2D eigenvalue weighted by Gasteiger charge is 2.20. The number of piperidine rings is 1. The summed E-state index contributed by atoms with van der Waals surface area (Å²) in [5, 5.41) is 0. The molecule has 2 N–H and O–H groups in total. The quantitative estimate of drug-likeness (QED) is 0.872. The van der Waals surface area contributed by atoms with Gasteiger partial charge in [0.05, 0.1) is 0 Å². The molecule has 0 spiro atoms. The van der Waals surface area contributed by atoms with Crippen LogP contribution in [0.3, 0.4) is 0 Å². The molecule has 0 aliphatic carbocycles. The van der Waals surface area contributed by atoms with Crippen molar-refractivity contribution >= 4 is 5.82 Å². The molecule has 17 heavy (non-hydrogen) atoms. The van der Waals surface area contributed by atoms with Gasteiger partial charge in [0, 0.05) is 12.7 Å². The minimum absolute atomic E-state index is 0.617. The van der Waals surface area contributed by atoms with Crippen molar-refractivity contribution in [1.29, 1.82) is 0 Å². The zero-order valence-corrected chi connectivity index (χ0v) is 10.9.